The Morgan fingerprint density at radius 2 is 1.91 bits per heavy atom. The Bertz CT molecular complexity index is 1480. The van der Waals surface area contributed by atoms with Crippen LogP contribution < -0.4 is 14.9 Å². The lowest BCUT2D eigenvalue weighted by atomic mass is 10.1. The van der Waals surface area contributed by atoms with Gasteiger partial charge in [0.15, 0.2) is 11.5 Å². The first-order chi connectivity index (χ1) is 17.0. The summed E-state index contributed by atoms with van der Waals surface area (Å²) < 4.78 is 25.4. The maximum absolute atomic E-state index is 14.0. The molecule has 0 aliphatic carbocycles. The molecule has 4 aromatic rings. The molecule has 35 heavy (non-hydrogen) atoms. The fourth-order valence-electron chi connectivity index (χ4n) is 3.43. The molecule has 0 saturated carbocycles. The average Bonchev–Trinajstić information content (AvgIpc) is 2.87. The number of hydrogen-bond donors (Lipinski definition) is 1. The second kappa shape index (κ2) is 10.7. The van der Waals surface area contributed by atoms with Gasteiger partial charge in [0.1, 0.15) is 12.4 Å². The number of hydrogen-bond acceptors (Lipinski definition) is 5. The lowest BCUT2D eigenvalue weighted by Crippen LogP contribution is -2.19. The molecule has 4 aromatic carbocycles. The summed E-state index contributed by atoms with van der Waals surface area (Å²) in [4.78, 5) is 12.2. The Kier molecular flexibility index (Phi) is 7.24. The molecule has 0 spiro atoms. The van der Waals surface area contributed by atoms with Crippen molar-refractivity contribution in [3.63, 3.8) is 0 Å². The molecule has 6 nitrogen and oxygen atoms in total. The number of amides is 1. The van der Waals surface area contributed by atoms with Crippen molar-refractivity contribution in [2.75, 3.05) is 7.11 Å². The number of methoxy groups -OCH3 is 1. The van der Waals surface area contributed by atoms with E-state index in [-0.39, 0.29) is 11.1 Å². The smallest absolute Gasteiger partial charge is 0.274 e. The van der Waals surface area contributed by atoms with E-state index in [9.17, 15) is 9.18 Å². The summed E-state index contributed by atoms with van der Waals surface area (Å²) in [5.41, 5.74) is 3.65. The first-order valence-electron chi connectivity index (χ1n) is 10.5. The molecule has 1 amide bonds. The van der Waals surface area contributed by atoms with Crippen LogP contribution in [-0.2, 0) is 6.61 Å². The van der Waals surface area contributed by atoms with Crippen LogP contribution in [0.1, 0.15) is 27.0 Å². The van der Waals surface area contributed by atoms with Gasteiger partial charge < -0.3 is 9.47 Å². The molecule has 0 heterocycles. The quantitative estimate of drug-likeness (QED) is 0.261. The maximum atomic E-state index is 14.0. The Morgan fingerprint density at radius 1 is 1.11 bits per heavy atom. The first-order valence-corrected chi connectivity index (χ1v) is 10.9. The topological polar surface area (TPSA) is 83.7 Å². The van der Waals surface area contributed by atoms with Gasteiger partial charge in [-0.15, -0.1) is 0 Å². The number of nitrogens with zero attached hydrogens (tertiary/aromatic N) is 2. The molecule has 0 aromatic heterocycles. The average molecular weight is 488 g/mol. The molecule has 0 fully saturated rings. The molecule has 8 heteroatoms. The van der Waals surface area contributed by atoms with Gasteiger partial charge in [-0.3, -0.25) is 4.79 Å². The Labute approximate surface area is 206 Å². The molecular weight excluding hydrogens is 469 g/mol. The fourth-order valence-corrected chi connectivity index (χ4v) is 3.71. The normalized spacial score (nSPS) is 10.8. The third kappa shape index (κ3) is 5.57. The Hall–Kier alpha value is -4.41. The van der Waals surface area contributed by atoms with E-state index >= 15 is 0 Å². The fraction of sp³-hybridized carbons (Fsp3) is 0.0741. The van der Waals surface area contributed by atoms with Crippen molar-refractivity contribution < 1.29 is 18.7 Å². The lowest BCUT2D eigenvalue weighted by molar-refractivity contribution is 0.0951. The van der Waals surface area contributed by atoms with Crippen LogP contribution in [0.25, 0.3) is 10.8 Å². The number of rotatable bonds is 7. The SMILES string of the molecule is COc1cc(/C=N\NC(=O)c2ccc(C#N)cc2F)cc(Cl)c1OCc1ccc2ccccc2c1. The van der Waals surface area contributed by atoms with Gasteiger partial charge in [0.25, 0.3) is 5.91 Å². The molecular formula is C27H19ClFN3O3. The highest BCUT2D eigenvalue weighted by atomic mass is 35.5. The minimum Gasteiger partial charge on any atom is -0.493 e. The predicted molar refractivity (Wildman–Crippen MR) is 132 cm³/mol. The zero-order chi connectivity index (χ0) is 24.8. The lowest BCUT2D eigenvalue weighted by Gasteiger charge is -2.13. The van der Waals surface area contributed by atoms with Crippen LogP contribution in [0.3, 0.4) is 0 Å². The van der Waals surface area contributed by atoms with E-state index in [2.05, 4.69) is 16.6 Å². The van der Waals surface area contributed by atoms with Gasteiger partial charge in [-0.2, -0.15) is 10.4 Å². The summed E-state index contributed by atoms with van der Waals surface area (Å²) >= 11 is 6.43. The number of nitrogens with one attached hydrogen (secondary N) is 1. The summed E-state index contributed by atoms with van der Waals surface area (Å²) in [6, 6.07) is 22.8. The molecule has 0 bridgehead atoms. The molecule has 1 N–H and O–H groups in total. The van der Waals surface area contributed by atoms with Gasteiger partial charge in [0, 0.05) is 0 Å². The third-order valence-electron chi connectivity index (χ3n) is 5.17. The van der Waals surface area contributed by atoms with Crippen LogP contribution in [0.15, 0.2) is 77.9 Å². The van der Waals surface area contributed by atoms with Crippen LogP contribution in [-0.4, -0.2) is 19.2 Å². The highest BCUT2D eigenvalue weighted by molar-refractivity contribution is 6.32. The highest BCUT2D eigenvalue weighted by Gasteiger charge is 2.14. The molecule has 0 aliphatic rings. The van der Waals surface area contributed by atoms with Gasteiger partial charge in [0.05, 0.1) is 35.5 Å². The van der Waals surface area contributed by atoms with Gasteiger partial charge in [-0.1, -0.05) is 48.0 Å². The van der Waals surface area contributed by atoms with E-state index in [1.807, 2.05) is 42.5 Å². The van der Waals surface area contributed by atoms with Crippen LogP contribution in [0.5, 0.6) is 11.5 Å². The van der Waals surface area contributed by atoms with Gasteiger partial charge in [0.2, 0.25) is 0 Å². The van der Waals surface area contributed by atoms with Gasteiger partial charge >= 0.3 is 0 Å². The number of benzene rings is 4. The van der Waals surface area contributed by atoms with E-state index in [1.54, 1.807) is 12.1 Å². The van der Waals surface area contributed by atoms with Crippen molar-refractivity contribution in [2.24, 2.45) is 5.10 Å². The minimum absolute atomic E-state index is 0.118. The Morgan fingerprint density at radius 3 is 2.66 bits per heavy atom. The molecule has 0 saturated heterocycles. The number of carbonyl (C=O) groups excluding carboxylic acids is 1. The van der Waals surface area contributed by atoms with Crippen molar-refractivity contribution in [3.05, 3.63) is 106 Å². The standard InChI is InChI=1S/C27H19ClFN3O3/c1-34-25-13-19(15-31-32-27(33)22-9-7-17(14-30)12-24(22)29)11-23(28)26(25)35-16-18-6-8-20-4-2-3-5-21(20)10-18/h2-13,15H,16H2,1H3,(H,32,33)/b31-15-. The van der Waals surface area contributed by atoms with Crippen molar-refractivity contribution >= 4 is 34.5 Å². The molecule has 0 aliphatic heterocycles. The number of ether oxygens (including phenoxy) is 2. The molecule has 0 radical (unpaired) electrons. The van der Waals surface area contributed by atoms with Gasteiger partial charge in [-0.25, -0.2) is 9.82 Å². The van der Waals surface area contributed by atoms with E-state index in [1.165, 1.54) is 25.5 Å². The van der Waals surface area contributed by atoms with E-state index in [0.717, 1.165) is 22.4 Å². The Balaban J connectivity index is 1.45. The molecule has 0 atom stereocenters. The number of nitriles is 1. The summed E-state index contributed by atoms with van der Waals surface area (Å²) in [6.07, 6.45) is 1.35. The second-order valence-electron chi connectivity index (χ2n) is 7.51. The number of halogens is 2. The van der Waals surface area contributed by atoms with E-state index < -0.39 is 11.7 Å². The predicted octanol–water partition coefficient (Wildman–Crippen LogP) is 5.86. The number of fused-ring (bicyclic) bond motifs is 1. The zero-order valence-corrected chi connectivity index (χ0v) is 19.3. The maximum Gasteiger partial charge on any atom is 0.274 e. The largest absolute Gasteiger partial charge is 0.493 e. The number of hydrazone groups is 1. The monoisotopic (exact) mass is 487 g/mol. The van der Waals surface area contributed by atoms with E-state index in [4.69, 9.17) is 26.3 Å². The summed E-state index contributed by atoms with van der Waals surface area (Å²) in [6.45, 7) is 0.292. The third-order valence-corrected chi connectivity index (χ3v) is 5.45. The number of carbonyl (C=O) groups is 1. The highest BCUT2D eigenvalue weighted by Crippen LogP contribution is 2.36. The molecule has 0 unspecified atom stereocenters. The van der Waals surface area contributed by atoms with Crippen molar-refractivity contribution in [1.29, 1.82) is 5.26 Å². The van der Waals surface area contributed by atoms with Crippen LogP contribution in [0, 0.1) is 17.1 Å². The summed E-state index contributed by atoms with van der Waals surface area (Å²) in [5, 5.41) is 15.2. The van der Waals surface area contributed by atoms with Crippen LogP contribution >= 0.6 is 11.6 Å². The van der Waals surface area contributed by atoms with Crippen molar-refractivity contribution in [1.82, 2.24) is 5.43 Å². The van der Waals surface area contributed by atoms with Crippen LogP contribution in [0.4, 0.5) is 4.39 Å². The van der Waals surface area contributed by atoms with Crippen molar-refractivity contribution in [3.8, 4) is 17.6 Å². The van der Waals surface area contributed by atoms with Crippen LogP contribution in [0.2, 0.25) is 5.02 Å². The summed E-state index contributed by atoms with van der Waals surface area (Å²) in [5.74, 6) is -0.793. The van der Waals surface area contributed by atoms with Gasteiger partial charge in [-0.05, 0) is 58.3 Å². The first kappa shape index (κ1) is 23.7. The molecule has 174 valence electrons. The summed E-state index contributed by atoms with van der Waals surface area (Å²) in [7, 11) is 1.49. The second-order valence-corrected chi connectivity index (χ2v) is 7.92. The van der Waals surface area contributed by atoms with E-state index in [0.29, 0.717) is 28.7 Å². The molecule has 4 rings (SSSR count). The zero-order valence-electron chi connectivity index (χ0n) is 18.6. The minimum atomic E-state index is -0.811. The van der Waals surface area contributed by atoms with Crippen molar-refractivity contribution in [2.45, 2.75) is 6.61 Å².